The Morgan fingerprint density at radius 1 is 1.24 bits per heavy atom. The fourth-order valence-corrected chi connectivity index (χ4v) is 4.26. The van der Waals surface area contributed by atoms with E-state index in [1.165, 1.54) is 18.4 Å². The van der Waals surface area contributed by atoms with Gasteiger partial charge in [-0.2, -0.15) is 5.10 Å². The zero-order valence-corrected chi connectivity index (χ0v) is 15.2. The van der Waals surface area contributed by atoms with E-state index in [9.17, 15) is 0 Å². The Kier molecular flexibility index (Phi) is 4.85. The van der Waals surface area contributed by atoms with E-state index in [0.29, 0.717) is 11.8 Å². The number of rotatable bonds is 5. The molecule has 0 aromatic carbocycles. The van der Waals surface area contributed by atoms with Crippen LogP contribution in [0.4, 0.5) is 0 Å². The molecule has 0 aliphatic carbocycles. The summed E-state index contributed by atoms with van der Waals surface area (Å²) in [7, 11) is 2.04. The van der Waals surface area contributed by atoms with E-state index >= 15 is 0 Å². The van der Waals surface area contributed by atoms with E-state index in [1.807, 2.05) is 17.9 Å². The topological polar surface area (TPSA) is 61.0 Å². The summed E-state index contributed by atoms with van der Waals surface area (Å²) < 4.78 is 10.1. The van der Waals surface area contributed by atoms with Gasteiger partial charge in [0.25, 0.3) is 0 Å². The fourth-order valence-electron chi connectivity index (χ4n) is 4.26. The molecule has 2 aliphatic rings. The molecule has 2 atom stereocenters. The number of hydrogen-bond donors (Lipinski definition) is 0. The Hall–Kier alpha value is -1.73. The lowest BCUT2D eigenvalue weighted by molar-refractivity contribution is 0.0735. The Bertz CT molecular complexity index is 687. The quantitative estimate of drug-likeness (QED) is 0.830. The summed E-state index contributed by atoms with van der Waals surface area (Å²) in [5, 5.41) is 12.7. The van der Waals surface area contributed by atoms with Crippen LogP contribution in [0.1, 0.15) is 49.6 Å². The normalized spacial score (nSPS) is 25.7. The van der Waals surface area contributed by atoms with Crippen molar-refractivity contribution in [2.45, 2.75) is 44.8 Å². The molecule has 2 saturated heterocycles. The van der Waals surface area contributed by atoms with Crippen LogP contribution in [0.2, 0.25) is 0 Å². The van der Waals surface area contributed by atoms with Gasteiger partial charge in [0.05, 0.1) is 12.3 Å². The number of likely N-dealkylation sites (tertiary alicyclic amines) is 1. The molecular formula is C18H28N6O. The van der Waals surface area contributed by atoms with Gasteiger partial charge in [-0.05, 0) is 39.3 Å². The van der Waals surface area contributed by atoms with E-state index in [-0.39, 0.29) is 6.10 Å². The van der Waals surface area contributed by atoms with Gasteiger partial charge in [-0.15, -0.1) is 10.2 Å². The van der Waals surface area contributed by atoms with E-state index in [4.69, 9.17) is 4.74 Å². The van der Waals surface area contributed by atoms with E-state index < -0.39 is 0 Å². The molecule has 4 rings (SSSR count). The molecule has 7 nitrogen and oxygen atoms in total. The number of aryl methyl sites for hydroxylation is 2. The average molecular weight is 344 g/mol. The zero-order chi connectivity index (χ0) is 17.2. The van der Waals surface area contributed by atoms with Crippen molar-refractivity contribution in [2.75, 3.05) is 26.2 Å². The van der Waals surface area contributed by atoms with Crippen LogP contribution in [0.5, 0.6) is 0 Å². The predicted octanol–water partition coefficient (Wildman–Crippen LogP) is 1.99. The van der Waals surface area contributed by atoms with Gasteiger partial charge in [-0.1, -0.05) is 0 Å². The molecule has 0 unspecified atom stereocenters. The number of hydrogen-bond acceptors (Lipinski definition) is 5. The highest BCUT2D eigenvalue weighted by molar-refractivity contribution is 5.11. The number of nitrogens with zero attached hydrogens (tertiary/aromatic N) is 6. The van der Waals surface area contributed by atoms with Gasteiger partial charge in [0.2, 0.25) is 0 Å². The Balaban J connectivity index is 1.34. The molecule has 0 N–H and O–H groups in total. The van der Waals surface area contributed by atoms with Crippen LogP contribution in [0, 0.1) is 5.92 Å². The first-order valence-electron chi connectivity index (χ1n) is 9.44. The Morgan fingerprint density at radius 2 is 2.08 bits per heavy atom. The summed E-state index contributed by atoms with van der Waals surface area (Å²) in [5.41, 5.74) is 1.23. The molecule has 2 aromatic rings. The number of aromatic nitrogens is 5. The van der Waals surface area contributed by atoms with Gasteiger partial charge in [0.1, 0.15) is 12.2 Å². The molecule has 0 bridgehead atoms. The molecule has 0 amide bonds. The van der Waals surface area contributed by atoms with E-state index in [2.05, 4.69) is 37.9 Å². The molecule has 2 aliphatic heterocycles. The third-order valence-corrected chi connectivity index (χ3v) is 5.71. The van der Waals surface area contributed by atoms with Gasteiger partial charge in [0.15, 0.2) is 0 Å². The smallest absolute Gasteiger partial charge is 0.135 e. The highest BCUT2D eigenvalue weighted by atomic mass is 16.5. The van der Waals surface area contributed by atoms with Crippen LogP contribution in [0.25, 0.3) is 0 Å². The standard InChI is InChI=1S/C18H28N6O/c1-3-24-12-16(10-20-24)17-15(6-9-25-17)11-23-7-4-14(5-8-23)18-21-19-13-22(18)2/h10,12-15,17H,3-9,11H2,1-2H3/t15-,17+/m1/s1. The van der Waals surface area contributed by atoms with Crippen molar-refractivity contribution in [1.82, 2.24) is 29.4 Å². The van der Waals surface area contributed by atoms with Gasteiger partial charge in [-0.3, -0.25) is 4.68 Å². The largest absolute Gasteiger partial charge is 0.373 e. The Morgan fingerprint density at radius 3 is 2.76 bits per heavy atom. The highest BCUT2D eigenvalue weighted by Crippen LogP contribution is 2.36. The van der Waals surface area contributed by atoms with Gasteiger partial charge >= 0.3 is 0 Å². The summed E-state index contributed by atoms with van der Waals surface area (Å²) in [4.78, 5) is 2.60. The van der Waals surface area contributed by atoms with Crippen LogP contribution >= 0.6 is 0 Å². The fraction of sp³-hybridized carbons (Fsp3) is 0.722. The first-order chi connectivity index (χ1) is 12.2. The summed E-state index contributed by atoms with van der Waals surface area (Å²) in [6.45, 7) is 7.28. The molecule has 136 valence electrons. The minimum Gasteiger partial charge on any atom is -0.373 e. The second-order valence-corrected chi connectivity index (χ2v) is 7.34. The summed E-state index contributed by atoms with van der Waals surface area (Å²) >= 11 is 0. The van der Waals surface area contributed by atoms with Crippen LogP contribution in [-0.2, 0) is 18.3 Å². The third kappa shape index (κ3) is 3.48. The molecule has 7 heteroatoms. The number of piperidine rings is 1. The molecule has 2 fully saturated rings. The minimum absolute atomic E-state index is 0.205. The van der Waals surface area contributed by atoms with Gasteiger partial charge in [-0.25, -0.2) is 0 Å². The van der Waals surface area contributed by atoms with Gasteiger partial charge < -0.3 is 14.2 Å². The summed E-state index contributed by atoms with van der Waals surface area (Å²) in [6, 6.07) is 0. The summed E-state index contributed by atoms with van der Waals surface area (Å²) in [6.07, 6.45) is 9.61. The first kappa shape index (κ1) is 16.7. The minimum atomic E-state index is 0.205. The van der Waals surface area contributed by atoms with E-state index in [0.717, 1.165) is 45.0 Å². The van der Waals surface area contributed by atoms with Crippen LogP contribution < -0.4 is 0 Å². The molecular weight excluding hydrogens is 316 g/mol. The predicted molar refractivity (Wildman–Crippen MR) is 94.1 cm³/mol. The lowest BCUT2D eigenvalue weighted by Gasteiger charge is -2.33. The van der Waals surface area contributed by atoms with Crippen molar-refractivity contribution in [3.63, 3.8) is 0 Å². The van der Waals surface area contributed by atoms with Crippen molar-refractivity contribution in [1.29, 1.82) is 0 Å². The van der Waals surface area contributed by atoms with Crippen LogP contribution in [0.15, 0.2) is 18.7 Å². The lowest BCUT2D eigenvalue weighted by atomic mass is 9.92. The average Bonchev–Trinajstić information content (AvgIpc) is 3.36. The zero-order valence-electron chi connectivity index (χ0n) is 15.2. The third-order valence-electron chi connectivity index (χ3n) is 5.71. The maximum atomic E-state index is 6.05. The number of ether oxygens (including phenoxy) is 1. The lowest BCUT2D eigenvalue weighted by Crippen LogP contribution is -2.37. The molecule has 0 spiro atoms. The van der Waals surface area contributed by atoms with Crippen molar-refractivity contribution in [3.05, 3.63) is 30.1 Å². The SMILES string of the molecule is CCn1cc([C@H]2OCC[C@@H]2CN2CCC(c3nncn3C)CC2)cn1. The Labute approximate surface area is 149 Å². The van der Waals surface area contributed by atoms with Crippen molar-refractivity contribution >= 4 is 0 Å². The second kappa shape index (κ2) is 7.25. The van der Waals surface area contributed by atoms with Crippen molar-refractivity contribution in [3.8, 4) is 0 Å². The molecule has 0 saturated carbocycles. The highest BCUT2D eigenvalue weighted by Gasteiger charge is 2.33. The molecule has 0 radical (unpaired) electrons. The van der Waals surface area contributed by atoms with Gasteiger partial charge in [0, 0.05) is 50.3 Å². The first-order valence-corrected chi connectivity index (χ1v) is 9.44. The molecule has 4 heterocycles. The van der Waals surface area contributed by atoms with Crippen LogP contribution in [0.3, 0.4) is 0 Å². The molecule has 25 heavy (non-hydrogen) atoms. The maximum absolute atomic E-state index is 6.05. The second-order valence-electron chi connectivity index (χ2n) is 7.34. The molecule has 2 aromatic heterocycles. The van der Waals surface area contributed by atoms with Crippen molar-refractivity contribution < 1.29 is 4.74 Å². The van der Waals surface area contributed by atoms with Crippen molar-refractivity contribution in [2.24, 2.45) is 13.0 Å². The monoisotopic (exact) mass is 344 g/mol. The van der Waals surface area contributed by atoms with E-state index in [1.54, 1.807) is 6.33 Å². The maximum Gasteiger partial charge on any atom is 0.135 e. The van der Waals surface area contributed by atoms with Crippen LogP contribution in [-0.4, -0.2) is 55.7 Å². The summed E-state index contributed by atoms with van der Waals surface area (Å²) in [5.74, 6) is 2.25.